The van der Waals surface area contributed by atoms with Crippen molar-refractivity contribution in [3.63, 3.8) is 0 Å². The maximum atomic E-state index is 13.1. The van der Waals surface area contributed by atoms with Gasteiger partial charge in [0.25, 0.3) is 11.8 Å². The molecule has 0 aliphatic carbocycles. The molecule has 0 saturated carbocycles. The number of piperidine rings is 1. The molecule has 0 atom stereocenters. The molecule has 34 heavy (non-hydrogen) atoms. The average molecular weight is 460 g/mol. The SMILES string of the molecule is O=C(Nc1cccc(C(=O)N2CCC(c3nc(-c4ccc(F)cc4)no3)CC2)c1)c1ccco1. The highest BCUT2D eigenvalue weighted by Crippen LogP contribution is 2.29. The average Bonchev–Trinajstić information content (AvgIpc) is 3.57. The fourth-order valence-electron chi connectivity index (χ4n) is 3.96. The molecule has 0 radical (unpaired) electrons. The summed E-state index contributed by atoms with van der Waals surface area (Å²) >= 11 is 0. The highest BCUT2D eigenvalue weighted by molar-refractivity contribution is 6.03. The molecule has 2 amide bonds. The Labute approximate surface area is 194 Å². The first-order valence-corrected chi connectivity index (χ1v) is 10.9. The third-order valence-corrected chi connectivity index (χ3v) is 5.79. The van der Waals surface area contributed by atoms with Gasteiger partial charge in [0.15, 0.2) is 5.76 Å². The Hall–Kier alpha value is -4.27. The van der Waals surface area contributed by atoms with Gasteiger partial charge in [0, 0.05) is 35.8 Å². The minimum Gasteiger partial charge on any atom is -0.459 e. The van der Waals surface area contributed by atoms with Crippen molar-refractivity contribution in [2.75, 3.05) is 18.4 Å². The number of nitrogens with zero attached hydrogens (tertiary/aromatic N) is 3. The third kappa shape index (κ3) is 4.59. The normalized spacial score (nSPS) is 14.2. The molecule has 0 bridgehead atoms. The van der Waals surface area contributed by atoms with E-state index in [0.29, 0.717) is 54.5 Å². The Balaban J connectivity index is 1.20. The number of carbonyl (C=O) groups excluding carboxylic acids is 2. The molecule has 5 rings (SSSR count). The Morgan fingerprint density at radius 1 is 1.03 bits per heavy atom. The van der Waals surface area contributed by atoms with Crippen LogP contribution in [0.1, 0.15) is 45.6 Å². The first-order valence-electron chi connectivity index (χ1n) is 10.9. The van der Waals surface area contributed by atoms with Gasteiger partial charge in [-0.15, -0.1) is 0 Å². The second-order valence-electron chi connectivity index (χ2n) is 8.04. The van der Waals surface area contributed by atoms with Gasteiger partial charge in [0.05, 0.1) is 6.26 Å². The molecule has 0 spiro atoms. The van der Waals surface area contributed by atoms with Crippen LogP contribution in [0, 0.1) is 5.82 Å². The van der Waals surface area contributed by atoms with Crippen molar-refractivity contribution < 1.29 is 22.9 Å². The Kier molecular flexibility index (Phi) is 5.90. The maximum absolute atomic E-state index is 13.1. The van der Waals surface area contributed by atoms with E-state index in [2.05, 4.69) is 15.5 Å². The van der Waals surface area contributed by atoms with E-state index >= 15 is 0 Å². The second kappa shape index (κ2) is 9.30. The first-order chi connectivity index (χ1) is 16.6. The summed E-state index contributed by atoms with van der Waals surface area (Å²) in [4.78, 5) is 31.5. The van der Waals surface area contributed by atoms with E-state index in [0.717, 1.165) is 0 Å². The Morgan fingerprint density at radius 3 is 2.56 bits per heavy atom. The minimum atomic E-state index is -0.380. The van der Waals surface area contributed by atoms with E-state index < -0.39 is 0 Å². The van der Waals surface area contributed by atoms with Crippen LogP contribution in [0.25, 0.3) is 11.4 Å². The molecule has 8 nitrogen and oxygen atoms in total. The summed E-state index contributed by atoms with van der Waals surface area (Å²) < 4.78 is 23.7. The number of hydrogen-bond acceptors (Lipinski definition) is 6. The quantitative estimate of drug-likeness (QED) is 0.462. The van der Waals surface area contributed by atoms with Gasteiger partial charge in [-0.1, -0.05) is 11.2 Å². The molecular weight excluding hydrogens is 439 g/mol. The lowest BCUT2D eigenvalue weighted by Crippen LogP contribution is -2.38. The fraction of sp³-hybridized carbons (Fsp3) is 0.200. The van der Waals surface area contributed by atoms with Crippen LogP contribution in [0.2, 0.25) is 0 Å². The highest BCUT2D eigenvalue weighted by Gasteiger charge is 2.28. The molecule has 1 saturated heterocycles. The van der Waals surface area contributed by atoms with E-state index in [1.807, 2.05) is 0 Å². The molecule has 2 aromatic carbocycles. The number of rotatable bonds is 5. The molecule has 1 N–H and O–H groups in total. The van der Waals surface area contributed by atoms with Gasteiger partial charge in [-0.2, -0.15) is 4.98 Å². The lowest BCUT2D eigenvalue weighted by Gasteiger charge is -2.30. The van der Waals surface area contributed by atoms with E-state index in [1.54, 1.807) is 53.4 Å². The van der Waals surface area contributed by atoms with Crippen molar-refractivity contribution in [1.82, 2.24) is 15.0 Å². The minimum absolute atomic E-state index is 0.0460. The summed E-state index contributed by atoms with van der Waals surface area (Å²) in [6, 6.07) is 16.0. The number of aromatic nitrogens is 2. The Morgan fingerprint density at radius 2 is 1.82 bits per heavy atom. The number of carbonyl (C=O) groups is 2. The molecule has 3 heterocycles. The van der Waals surface area contributed by atoms with E-state index in [1.165, 1.54) is 18.4 Å². The number of hydrogen-bond donors (Lipinski definition) is 1. The van der Waals surface area contributed by atoms with E-state index in [-0.39, 0.29) is 29.3 Å². The summed E-state index contributed by atoms with van der Waals surface area (Å²) in [6.45, 7) is 1.08. The van der Waals surface area contributed by atoms with Gasteiger partial charge in [0.2, 0.25) is 11.7 Å². The van der Waals surface area contributed by atoms with Gasteiger partial charge in [-0.25, -0.2) is 4.39 Å². The van der Waals surface area contributed by atoms with Crippen molar-refractivity contribution in [2.24, 2.45) is 0 Å². The van der Waals surface area contributed by atoms with Gasteiger partial charge in [-0.05, 0) is 67.4 Å². The molecule has 1 fully saturated rings. The Bertz CT molecular complexity index is 1290. The third-order valence-electron chi connectivity index (χ3n) is 5.79. The molecule has 1 aliphatic rings. The summed E-state index contributed by atoms with van der Waals surface area (Å²) in [5.41, 5.74) is 1.69. The molecular formula is C25H21FN4O4. The zero-order valence-corrected chi connectivity index (χ0v) is 18.1. The van der Waals surface area contributed by atoms with Crippen LogP contribution in [0.3, 0.4) is 0 Å². The van der Waals surface area contributed by atoms with Gasteiger partial charge >= 0.3 is 0 Å². The van der Waals surface area contributed by atoms with E-state index in [9.17, 15) is 14.0 Å². The van der Waals surface area contributed by atoms with Crippen molar-refractivity contribution in [2.45, 2.75) is 18.8 Å². The van der Waals surface area contributed by atoms with Crippen LogP contribution < -0.4 is 5.32 Å². The maximum Gasteiger partial charge on any atom is 0.291 e. The van der Waals surface area contributed by atoms with Gasteiger partial charge in [-0.3, -0.25) is 9.59 Å². The molecule has 2 aromatic heterocycles. The predicted molar refractivity (Wildman–Crippen MR) is 121 cm³/mol. The van der Waals surface area contributed by atoms with E-state index in [4.69, 9.17) is 8.94 Å². The zero-order valence-electron chi connectivity index (χ0n) is 18.1. The number of anilines is 1. The van der Waals surface area contributed by atoms with Crippen molar-refractivity contribution in [1.29, 1.82) is 0 Å². The summed E-state index contributed by atoms with van der Waals surface area (Å²) in [5.74, 6) is 0.373. The molecule has 9 heteroatoms. The standard InChI is InChI=1S/C25H21FN4O4/c26-19-8-6-16(7-9-19)22-28-24(34-29-22)17-10-12-30(13-11-17)25(32)18-3-1-4-20(15-18)27-23(31)21-5-2-14-33-21/h1-9,14-15,17H,10-13H2,(H,27,31). The van der Waals surface area contributed by atoms with Crippen molar-refractivity contribution in [3.8, 4) is 11.4 Å². The smallest absolute Gasteiger partial charge is 0.291 e. The number of nitrogens with one attached hydrogen (secondary N) is 1. The zero-order chi connectivity index (χ0) is 23.5. The number of furan rings is 1. The van der Waals surface area contributed by atoms with Crippen molar-refractivity contribution >= 4 is 17.5 Å². The predicted octanol–water partition coefficient (Wildman–Crippen LogP) is 4.74. The lowest BCUT2D eigenvalue weighted by atomic mass is 9.96. The molecule has 0 unspecified atom stereocenters. The topological polar surface area (TPSA) is 101 Å². The molecule has 172 valence electrons. The van der Waals surface area contributed by atoms with Crippen LogP contribution in [0.4, 0.5) is 10.1 Å². The van der Waals surface area contributed by atoms with Crippen LogP contribution in [0.15, 0.2) is 75.9 Å². The lowest BCUT2D eigenvalue weighted by molar-refractivity contribution is 0.0704. The molecule has 1 aliphatic heterocycles. The van der Waals surface area contributed by atoms with Crippen LogP contribution in [-0.2, 0) is 0 Å². The monoisotopic (exact) mass is 460 g/mol. The number of likely N-dealkylation sites (tertiary alicyclic amines) is 1. The summed E-state index contributed by atoms with van der Waals surface area (Å²) in [7, 11) is 0. The van der Waals surface area contributed by atoms with Crippen LogP contribution >= 0.6 is 0 Å². The van der Waals surface area contributed by atoms with Crippen LogP contribution in [-0.4, -0.2) is 39.9 Å². The number of amides is 2. The summed E-state index contributed by atoms with van der Waals surface area (Å²) in [5, 5.41) is 6.75. The number of benzene rings is 2. The van der Waals surface area contributed by atoms with Crippen LogP contribution in [0.5, 0.6) is 0 Å². The first kappa shape index (κ1) is 21.6. The summed E-state index contributed by atoms with van der Waals surface area (Å²) in [6.07, 6.45) is 2.80. The largest absolute Gasteiger partial charge is 0.459 e. The highest BCUT2D eigenvalue weighted by atomic mass is 19.1. The molecule has 4 aromatic rings. The fourth-order valence-corrected chi connectivity index (χ4v) is 3.96. The van der Waals surface area contributed by atoms with Crippen molar-refractivity contribution in [3.05, 3.63) is 90.0 Å². The second-order valence-corrected chi connectivity index (χ2v) is 8.04. The van der Waals surface area contributed by atoms with Gasteiger partial charge in [0.1, 0.15) is 5.82 Å². The van der Waals surface area contributed by atoms with Gasteiger partial charge < -0.3 is 19.2 Å². The number of halogens is 1.